The van der Waals surface area contributed by atoms with Crippen molar-refractivity contribution in [2.24, 2.45) is 0 Å². The number of benzene rings is 1. The standard InChI is InChI=1S/C16H25NO/c1-4-6-13-18-16-11-9-15(10-12-16)8-7-14(3)17-5-2/h4,9-12,14,17H,1,5-8,13H2,2-3H3. The molecular formula is C16H25NO. The van der Waals surface area contributed by atoms with Crippen LogP contribution in [0, 0.1) is 0 Å². The maximum atomic E-state index is 5.58. The minimum atomic E-state index is 0.582. The number of hydrogen-bond donors (Lipinski definition) is 1. The van der Waals surface area contributed by atoms with E-state index in [4.69, 9.17) is 4.74 Å². The van der Waals surface area contributed by atoms with E-state index < -0.39 is 0 Å². The molecule has 100 valence electrons. The highest BCUT2D eigenvalue weighted by molar-refractivity contribution is 5.27. The fraction of sp³-hybridized carbons (Fsp3) is 0.500. The van der Waals surface area contributed by atoms with Crippen LogP contribution in [0.2, 0.25) is 0 Å². The zero-order valence-electron chi connectivity index (χ0n) is 11.6. The summed E-state index contributed by atoms with van der Waals surface area (Å²) in [5.41, 5.74) is 1.37. The van der Waals surface area contributed by atoms with Gasteiger partial charge in [-0.3, -0.25) is 0 Å². The van der Waals surface area contributed by atoms with Crippen LogP contribution in [0.3, 0.4) is 0 Å². The summed E-state index contributed by atoms with van der Waals surface area (Å²) < 4.78 is 5.58. The van der Waals surface area contributed by atoms with E-state index in [9.17, 15) is 0 Å². The van der Waals surface area contributed by atoms with Gasteiger partial charge in [0.15, 0.2) is 0 Å². The molecule has 1 aromatic rings. The van der Waals surface area contributed by atoms with E-state index in [0.29, 0.717) is 12.6 Å². The molecule has 1 unspecified atom stereocenters. The van der Waals surface area contributed by atoms with E-state index in [2.05, 4.69) is 50.0 Å². The van der Waals surface area contributed by atoms with Crippen LogP contribution in [0.4, 0.5) is 0 Å². The molecule has 0 saturated heterocycles. The minimum Gasteiger partial charge on any atom is -0.493 e. The Bertz CT molecular complexity index is 331. The zero-order valence-corrected chi connectivity index (χ0v) is 11.6. The number of ether oxygens (including phenoxy) is 1. The molecule has 0 bridgehead atoms. The van der Waals surface area contributed by atoms with E-state index >= 15 is 0 Å². The van der Waals surface area contributed by atoms with Crippen LogP contribution < -0.4 is 10.1 Å². The third-order valence-corrected chi connectivity index (χ3v) is 2.93. The van der Waals surface area contributed by atoms with Crippen molar-refractivity contribution in [3.63, 3.8) is 0 Å². The monoisotopic (exact) mass is 247 g/mol. The number of nitrogens with one attached hydrogen (secondary N) is 1. The highest BCUT2D eigenvalue weighted by atomic mass is 16.5. The number of rotatable bonds is 9. The summed E-state index contributed by atoms with van der Waals surface area (Å²) in [6.07, 6.45) is 5.05. The molecule has 0 heterocycles. The van der Waals surface area contributed by atoms with Crippen LogP contribution in [-0.4, -0.2) is 19.2 Å². The summed E-state index contributed by atoms with van der Waals surface area (Å²) in [6.45, 7) is 9.80. The Morgan fingerprint density at radius 3 is 2.67 bits per heavy atom. The van der Waals surface area contributed by atoms with Crippen molar-refractivity contribution in [1.29, 1.82) is 0 Å². The molecule has 0 aliphatic heterocycles. The molecule has 1 rings (SSSR count). The van der Waals surface area contributed by atoms with Crippen molar-refractivity contribution >= 4 is 0 Å². The van der Waals surface area contributed by atoms with Gasteiger partial charge in [0.2, 0.25) is 0 Å². The lowest BCUT2D eigenvalue weighted by molar-refractivity contribution is 0.325. The Labute approximate surface area is 111 Å². The van der Waals surface area contributed by atoms with Gasteiger partial charge in [0, 0.05) is 6.04 Å². The first-order valence-electron chi connectivity index (χ1n) is 6.82. The van der Waals surface area contributed by atoms with Gasteiger partial charge in [-0.1, -0.05) is 25.1 Å². The highest BCUT2D eigenvalue weighted by Crippen LogP contribution is 2.14. The van der Waals surface area contributed by atoms with Crippen molar-refractivity contribution < 1.29 is 4.74 Å². The maximum Gasteiger partial charge on any atom is 0.119 e. The lowest BCUT2D eigenvalue weighted by atomic mass is 10.1. The average molecular weight is 247 g/mol. The predicted molar refractivity (Wildman–Crippen MR) is 78.2 cm³/mol. The molecule has 0 amide bonds. The van der Waals surface area contributed by atoms with Gasteiger partial charge in [0.05, 0.1) is 6.61 Å². The van der Waals surface area contributed by atoms with Gasteiger partial charge in [-0.15, -0.1) is 6.58 Å². The molecular weight excluding hydrogens is 222 g/mol. The van der Waals surface area contributed by atoms with Gasteiger partial charge < -0.3 is 10.1 Å². The van der Waals surface area contributed by atoms with Gasteiger partial charge in [-0.25, -0.2) is 0 Å². The molecule has 18 heavy (non-hydrogen) atoms. The normalized spacial score (nSPS) is 12.1. The van der Waals surface area contributed by atoms with E-state index in [1.54, 1.807) is 0 Å². The van der Waals surface area contributed by atoms with Crippen LogP contribution >= 0.6 is 0 Å². The SMILES string of the molecule is C=CCCOc1ccc(CCC(C)NCC)cc1. The summed E-state index contributed by atoms with van der Waals surface area (Å²) in [7, 11) is 0. The maximum absolute atomic E-state index is 5.58. The molecule has 0 radical (unpaired) electrons. The third kappa shape index (κ3) is 5.87. The Hall–Kier alpha value is -1.28. The van der Waals surface area contributed by atoms with Crippen LogP contribution in [0.15, 0.2) is 36.9 Å². The minimum absolute atomic E-state index is 0.582. The summed E-state index contributed by atoms with van der Waals surface area (Å²) in [5.74, 6) is 0.945. The fourth-order valence-electron chi connectivity index (χ4n) is 1.85. The van der Waals surface area contributed by atoms with Crippen molar-refractivity contribution in [3.05, 3.63) is 42.5 Å². The fourth-order valence-corrected chi connectivity index (χ4v) is 1.85. The first kappa shape index (κ1) is 14.8. The lowest BCUT2D eigenvalue weighted by Crippen LogP contribution is -2.25. The smallest absolute Gasteiger partial charge is 0.119 e. The summed E-state index contributed by atoms with van der Waals surface area (Å²) in [6, 6.07) is 9.00. The molecule has 0 aliphatic carbocycles. The quantitative estimate of drug-likeness (QED) is 0.532. The second kappa shape index (κ2) is 8.76. The molecule has 0 spiro atoms. The van der Waals surface area contributed by atoms with Crippen molar-refractivity contribution in [2.45, 2.75) is 39.2 Å². The highest BCUT2D eigenvalue weighted by Gasteiger charge is 2.01. The Morgan fingerprint density at radius 2 is 2.06 bits per heavy atom. The summed E-state index contributed by atoms with van der Waals surface area (Å²) in [5, 5.41) is 3.43. The van der Waals surface area contributed by atoms with Gasteiger partial charge in [-0.05, 0) is 50.4 Å². The molecule has 0 fully saturated rings. The Morgan fingerprint density at radius 1 is 1.33 bits per heavy atom. The molecule has 1 N–H and O–H groups in total. The van der Waals surface area contributed by atoms with Gasteiger partial charge in [0.25, 0.3) is 0 Å². The molecule has 2 nitrogen and oxygen atoms in total. The Balaban J connectivity index is 2.33. The second-order valence-corrected chi connectivity index (χ2v) is 4.57. The largest absolute Gasteiger partial charge is 0.493 e. The van der Waals surface area contributed by atoms with Crippen LogP contribution in [-0.2, 0) is 6.42 Å². The van der Waals surface area contributed by atoms with E-state index in [-0.39, 0.29) is 0 Å². The molecule has 0 aromatic heterocycles. The summed E-state index contributed by atoms with van der Waals surface area (Å²) >= 11 is 0. The van der Waals surface area contributed by atoms with Gasteiger partial charge in [-0.2, -0.15) is 0 Å². The van der Waals surface area contributed by atoms with E-state index in [1.807, 2.05) is 6.08 Å². The van der Waals surface area contributed by atoms with Crippen LogP contribution in [0.25, 0.3) is 0 Å². The van der Waals surface area contributed by atoms with E-state index in [1.165, 1.54) is 12.0 Å². The first-order valence-corrected chi connectivity index (χ1v) is 6.82. The average Bonchev–Trinajstić information content (AvgIpc) is 2.38. The van der Waals surface area contributed by atoms with Crippen LogP contribution in [0.1, 0.15) is 32.3 Å². The number of aryl methyl sites for hydroxylation is 1. The molecule has 0 saturated carbocycles. The summed E-state index contributed by atoms with van der Waals surface area (Å²) in [4.78, 5) is 0. The predicted octanol–water partition coefficient (Wildman–Crippen LogP) is 3.57. The van der Waals surface area contributed by atoms with E-state index in [0.717, 1.165) is 25.1 Å². The van der Waals surface area contributed by atoms with Crippen molar-refractivity contribution in [2.75, 3.05) is 13.2 Å². The van der Waals surface area contributed by atoms with Gasteiger partial charge >= 0.3 is 0 Å². The van der Waals surface area contributed by atoms with Gasteiger partial charge in [0.1, 0.15) is 5.75 Å². The second-order valence-electron chi connectivity index (χ2n) is 4.57. The van der Waals surface area contributed by atoms with Crippen molar-refractivity contribution in [3.8, 4) is 5.75 Å². The molecule has 1 atom stereocenters. The molecule has 1 aromatic carbocycles. The van der Waals surface area contributed by atoms with Crippen molar-refractivity contribution in [1.82, 2.24) is 5.32 Å². The zero-order chi connectivity index (χ0) is 13.2. The number of hydrogen-bond acceptors (Lipinski definition) is 2. The lowest BCUT2D eigenvalue weighted by Gasteiger charge is -2.12. The first-order chi connectivity index (χ1) is 8.76. The topological polar surface area (TPSA) is 21.3 Å². The molecule has 0 aliphatic rings. The Kier molecular flexibility index (Phi) is 7.19. The third-order valence-electron chi connectivity index (χ3n) is 2.93. The molecule has 2 heteroatoms. The van der Waals surface area contributed by atoms with Crippen LogP contribution in [0.5, 0.6) is 5.75 Å².